The smallest absolute Gasteiger partial charge is 0.306 e. The molecule has 0 unspecified atom stereocenters. The molecule has 0 radical (unpaired) electrons. The van der Waals surface area contributed by atoms with Gasteiger partial charge in [0.15, 0.2) is 6.10 Å². The number of carbonyl (C=O) groups is 3. The molecule has 6 nitrogen and oxygen atoms in total. The monoisotopic (exact) mass is 863 g/mol. The SMILES string of the molecule is CCCCCCCCCCCCC(=O)OC[C@H](COC(=O)CCCCCCCCCCCCCCCCCCC(C)C)OC(=O)CCCCCCCCCCCCCC(C)C. The molecule has 6 heteroatoms. The second-order valence-corrected chi connectivity index (χ2v) is 19.8. The Hall–Kier alpha value is -1.59. The van der Waals surface area contributed by atoms with Gasteiger partial charge in [0.25, 0.3) is 0 Å². The zero-order valence-electron chi connectivity index (χ0n) is 41.8. The predicted molar refractivity (Wildman–Crippen MR) is 261 cm³/mol. The molecule has 61 heavy (non-hydrogen) atoms. The summed E-state index contributed by atoms with van der Waals surface area (Å²) in [6.45, 7) is 11.4. The Morgan fingerprint density at radius 2 is 0.541 bits per heavy atom. The molecule has 0 bridgehead atoms. The quantitative estimate of drug-likeness (QED) is 0.0344. The molecular weight excluding hydrogens is 757 g/mol. The summed E-state index contributed by atoms with van der Waals surface area (Å²) in [5, 5.41) is 0. The van der Waals surface area contributed by atoms with Gasteiger partial charge >= 0.3 is 17.9 Å². The second-order valence-electron chi connectivity index (χ2n) is 19.8. The zero-order chi connectivity index (χ0) is 44.7. The zero-order valence-corrected chi connectivity index (χ0v) is 41.8. The average molecular weight is 863 g/mol. The van der Waals surface area contributed by atoms with E-state index in [-0.39, 0.29) is 31.1 Å². The highest BCUT2D eigenvalue weighted by Crippen LogP contribution is 2.18. The third-order valence-corrected chi connectivity index (χ3v) is 12.5. The number of unbranched alkanes of at least 4 members (excludes halogenated alkanes) is 34. The number of hydrogen-bond acceptors (Lipinski definition) is 6. The van der Waals surface area contributed by atoms with Crippen LogP contribution in [0.2, 0.25) is 0 Å². The molecule has 0 saturated heterocycles. The van der Waals surface area contributed by atoms with Gasteiger partial charge in [0.1, 0.15) is 13.2 Å². The van der Waals surface area contributed by atoms with Crippen LogP contribution in [-0.2, 0) is 28.6 Å². The maximum Gasteiger partial charge on any atom is 0.306 e. The van der Waals surface area contributed by atoms with Crippen LogP contribution in [0.25, 0.3) is 0 Å². The van der Waals surface area contributed by atoms with Gasteiger partial charge in [-0.15, -0.1) is 0 Å². The minimum Gasteiger partial charge on any atom is -0.462 e. The Kier molecular flexibility index (Phi) is 46.6. The van der Waals surface area contributed by atoms with Crippen LogP contribution < -0.4 is 0 Å². The van der Waals surface area contributed by atoms with E-state index in [2.05, 4.69) is 34.6 Å². The first-order valence-corrected chi connectivity index (χ1v) is 27.2. The van der Waals surface area contributed by atoms with E-state index >= 15 is 0 Å². The van der Waals surface area contributed by atoms with Crippen molar-refractivity contribution in [1.29, 1.82) is 0 Å². The molecule has 0 amide bonds. The van der Waals surface area contributed by atoms with Crippen molar-refractivity contribution in [2.45, 2.75) is 310 Å². The van der Waals surface area contributed by atoms with Gasteiger partial charge in [-0.1, -0.05) is 266 Å². The van der Waals surface area contributed by atoms with Gasteiger partial charge in [0.2, 0.25) is 0 Å². The molecule has 0 fully saturated rings. The highest BCUT2D eigenvalue weighted by molar-refractivity contribution is 5.71. The summed E-state index contributed by atoms with van der Waals surface area (Å²) in [4.78, 5) is 38.0. The van der Waals surface area contributed by atoms with Crippen molar-refractivity contribution < 1.29 is 28.6 Å². The normalized spacial score (nSPS) is 12.0. The molecule has 362 valence electrons. The minimum absolute atomic E-state index is 0.0632. The van der Waals surface area contributed by atoms with Crippen LogP contribution in [0.1, 0.15) is 304 Å². The lowest BCUT2D eigenvalue weighted by atomic mass is 10.0. The van der Waals surface area contributed by atoms with Crippen LogP contribution in [0, 0.1) is 11.8 Å². The third-order valence-electron chi connectivity index (χ3n) is 12.5. The molecular formula is C55H106O6. The molecule has 0 saturated carbocycles. The molecule has 0 aromatic carbocycles. The van der Waals surface area contributed by atoms with Crippen LogP contribution in [-0.4, -0.2) is 37.2 Å². The van der Waals surface area contributed by atoms with E-state index in [1.54, 1.807) is 0 Å². The van der Waals surface area contributed by atoms with E-state index in [0.717, 1.165) is 69.6 Å². The van der Waals surface area contributed by atoms with E-state index in [4.69, 9.17) is 14.2 Å². The number of rotatable bonds is 49. The van der Waals surface area contributed by atoms with E-state index < -0.39 is 6.10 Å². The topological polar surface area (TPSA) is 78.9 Å². The first kappa shape index (κ1) is 59.4. The van der Waals surface area contributed by atoms with E-state index in [0.29, 0.717) is 19.3 Å². The summed E-state index contributed by atoms with van der Waals surface area (Å²) in [6, 6.07) is 0. The highest BCUT2D eigenvalue weighted by Gasteiger charge is 2.19. The van der Waals surface area contributed by atoms with Crippen LogP contribution >= 0.6 is 0 Å². The summed E-state index contributed by atoms with van der Waals surface area (Å²) >= 11 is 0. The van der Waals surface area contributed by atoms with Gasteiger partial charge in [0.05, 0.1) is 0 Å². The van der Waals surface area contributed by atoms with Crippen LogP contribution in [0.4, 0.5) is 0 Å². The lowest BCUT2D eigenvalue weighted by molar-refractivity contribution is -0.167. The van der Waals surface area contributed by atoms with Crippen LogP contribution in [0.5, 0.6) is 0 Å². The molecule has 0 rings (SSSR count). The minimum atomic E-state index is -0.761. The predicted octanol–water partition coefficient (Wildman–Crippen LogP) is 17.7. The lowest BCUT2D eigenvalue weighted by Gasteiger charge is -2.18. The summed E-state index contributed by atoms with van der Waals surface area (Å²) in [7, 11) is 0. The first-order valence-electron chi connectivity index (χ1n) is 27.2. The van der Waals surface area contributed by atoms with Crippen LogP contribution in [0.15, 0.2) is 0 Å². The number of hydrogen-bond donors (Lipinski definition) is 0. The fraction of sp³-hybridized carbons (Fsp3) is 0.945. The van der Waals surface area contributed by atoms with E-state index in [1.807, 2.05) is 0 Å². The maximum atomic E-state index is 12.8. The highest BCUT2D eigenvalue weighted by atomic mass is 16.6. The first-order chi connectivity index (χ1) is 29.7. The maximum absolute atomic E-state index is 12.8. The van der Waals surface area contributed by atoms with Gasteiger partial charge in [-0.2, -0.15) is 0 Å². The van der Waals surface area contributed by atoms with E-state index in [9.17, 15) is 14.4 Å². The Balaban J connectivity index is 4.24. The van der Waals surface area contributed by atoms with Gasteiger partial charge in [-0.3, -0.25) is 14.4 Å². The fourth-order valence-corrected chi connectivity index (χ4v) is 8.34. The van der Waals surface area contributed by atoms with Gasteiger partial charge in [-0.05, 0) is 31.1 Å². The molecule has 0 aromatic rings. The number of esters is 3. The molecule has 0 aliphatic heterocycles. The van der Waals surface area contributed by atoms with Crippen molar-refractivity contribution in [2.24, 2.45) is 11.8 Å². The van der Waals surface area contributed by atoms with Gasteiger partial charge in [0, 0.05) is 19.3 Å². The molecule has 1 atom stereocenters. The molecule has 0 aromatic heterocycles. The largest absolute Gasteiger partial charge is 0.462 e. The Bertz CT molecular complexity index is 931. The van der Waals surface area contributed by atoms with Crippen molar-refractivity contribution in [2.75, 3.05) is 13.2 Å². The Morgan fingerprint density at radius 3 is 0.803 bits per heavy atom. The summed E-state index contributed by atoms with van der Waals surface area (Å²) in [5.41, 5.74) is 0. The average Bonchev–Trinajstić information content (AvgIpc) is 3.23. The lowest BCUT2D eigenvalue weighted by Crippen LogP contribution is -2.30. The molecule has 0 aliphatic rings. The third kappa shape index (κ3) is 49.3. The number of carbonyl (C=O) groups excluding carboxylic acids is 3. The Morgan fingerprint density at radius 1 is 0.311 bits per heavy atom. The van der Waals surface area contributed by atoms with Crippen molar-refractivity contribution in [1.82, 2.24) is 0 Å². The van der Waals surface area contributed by atoms with Crippen LogP contribution in [0.3, 0.4) is 0 Å². The van der Waals surface area contributed by atoms with Crippen molar-refractivity contribution in [3.05, 3.63) is 0 Å². The van der Waals surface area contributed by atoms with Gasteiger partial charge < -0.3 is 14.2 Å². The second kappa shape index (κ2) is 47.9. The van der Waals surface area contributed by atoms with Gasteiger partial charge in [-0.25, -0.2) is 0 Å². The fourth-order valence-electron chi connectivity index (χ4n) is 8.34. The van der Waals surface area contributed by atoms with Crippen molar-refractivity contribution in [3.63, 3.8) is 0 Å². The summed E-state index contributed by atoms with van der Waals surface area (Å²) in [6.07, 6.45) is 49.5. The number of ether oxygens (including phenoxy) is 3. The summed E-state index contributed by atoms with van der Waals surface area (Å²) in [5.74, 6) is 0.832. The van der Waals surface area contributed by atoms with E-state index in [1.165, 1.54) is 193 Å². The van der Waals surface area contributed by atoms with Crippen molar-refractivity contribution in [3.8, 4) is 0 Å². The Labute approximate surface area is 380 Å². The molecule has 0 N–H and O–H groups in total. The molecule has 0 aliphatic carbocycles. The molecule has 0 spiro atoms. The summed E-state index contributed by atoms with van der Waals surface area (Å²) < 4.78 is 16.8. The van der Waals surface area contributed by atoms with Crippen molar-refractivity contribution >= 4 is 17.9 Å². The molecule has 0 heterocycles. The standard InChI is InChI=1S/C55H106O6/c1-6-7-8-9-10-11-25-30-35-40-45-53(56)59-48-52(61-55(58)47-42-37-32-27-22-18-20-24-29-34-39-44-51(4)5)49-60-54(57)46-41-36-31-26-21-17-15-13-12-14-16-19-23-28-33-38-43-50(2)3/h50-52H,6-49H2,1-5H3/t52-/m1/s1.